The molecule has 0 bridgehead atoms. The van der Waals surface area contributed by atoms with Crippen LogP contribution >= 0.6 is 23.4 Å². The maximum Gasteiger partial charge on any atom is 0.261 e. The summed E-state index contributed by atoms with van der Waals surface area (Å²) >= 11 is 7.46. The highest BCUT2D eigenvalue weighted by Gasteiger charge is 2.26. The van der Waals surface area contributed by atoms with Gasteiger partial charge in [0.15, 0.2) is 5.17 Å². The third-order valence-electron chi connectivity index (χ3n) is 3.47. The van der Waals surface area contributed by atoms with Crippen molar-refractivity contribution in [3.63, 3.8) is 0 Å². The molecular weight excluding hydrogens is 335 g/mol. The Labute approximate surface area is 143 Å². The minimum atomic E-state index is -0.248. The van der Waals surface area contributed by atoms with Crippen molar-refractivity contribution in [2.45, 2.75) is 5.75 Å². The molecule has 2 aromatic rings. The van der Waals surface area contributed by atoms with Gasteiger partial charge in [0.2, 0.25) is 0 Å². The first-order chi connectivity index (χ1) is 11.2. The third-order valence-corrected chi connectivity index (χ3v) is 4.86. The predicted molar refractivity (Wildman–Crippen MR) is 92.5 cm³/mol. The molecule has 0 N–H and O–H groups in total. The Morgan fingerprint density at radius 3 is 2.74 bits per heavy atom. The van der Waals surface area contributed by atoms with Gasteiger partial charge in [0, 0.05) is 12.3 Å². The standard InChI is InChI=1S/C17H14ClFN2OS/c18-14-7-3-2-6-13(14)16(22)21-10-9-20-17(21)23-11-12-5-1-4-8-15(12)19/h1-8H,9-11H2. The average Bonchev–Trinajstić information content (AvgIpc) is 3.02. The summed E-state index contributed by atoms with van der Waals surface area (Å²) in [6.45, 7) is 1.07. The normalized spacial score (nSPS) is 14.0. The topological polar surface area (TPSA) is 32.7 Å². The first-order valence-electron chi connectivity index (χ1n) is 7.14. The number of carbonyl (C=O) groups excluding carboxylic acids is 1. The van der Waals surface area contributed by atoms with Crippen LogP contribution in [0.2, 0.25) is 5.02 Å². The summed E-state index contributed by atoms with van der Waals surface area (Å²) in [4.78, 5) is 18.6. The van der Waals surface area contributed by atoms with Crippen molar-refractivity contribution in [1.82, 2.24) is 4.90 Å². The molecule has 0 unspecified atom stereocenters. The molecule has 23 heavy (non-hydrogen) atoms. The molecule has 0 aliphatic carbocycles. The molecule has 3 nitrogen and oxygen atoms in total. The second-order valence-corrected chi connectivity index (χ2v) is 6.33. The number of thioether (sulfide) groups is 1. The molecule has 1 aliphatic rings. The monoisotopic (exact) mass is 348 g/mol. The summed E-state index contributed by atoms with van der Waals surface area (Å²) < 4.78 is 13.7. The van der Waals surface area contributed by atoms with Gasteiger partial charge in [-0.25, -0.2) is 4.39 Å². The molecule has 1 aliphatic heterocycles. The zero-order valence-corrected chi connectivity index (χ0v) is 13.8. The molecule has 1 heterocycles. The molecule has 0 fully saturated rings. The summed E-state index contributed by atoms with van der Waals surface area (Å²) in [5, 5.41) is 1.03. The van der Waals surface area contributed by atoms with Gasteiger partial charge in [0.05, 0.1) is 17.1 Å². The lowest BCUT2D eigenvalue weighted by Crippen LogP contribution is -2.33. The minimum Gasteiger partial charge on any atom is -0.286 e. The summed E-state index contributed by atoms with van der Waals surface area (Å²) in [5.41, 5.74) is 1.05. The number of amides is 1. The van der Waals surface area contributed by atoms with Crippen LogP contribution in [0.1, 0.15) is 15.9 Å². The molecule has 6 heteroatoms. The van der Waals surface area contributed by atoms with Gasteiger partial charge >= 0.3 is 0 Å². The second kappa shape index (κ2) is 7.15. The lowest BCUT2D eigenvalue weighted by Gasteiger charge is -2.18. The molecule has 118 valence electrons. The first kappa shape index (κ1) is 16.0. The molecule has 1 amide bonds. The molecular formula is C17H14ClFN2OS. The van der Waals surface area contributed by atoms with Gasteiger partial charge in [-0.15, -0.1) is 0 Å². The largest absolute Gasteiger partial charge is 0.286 e. The van der Waals surface area contributed by atoms with Crippen LogP contribution in [0.3, 0.4) is 0 Å². The van der Waals surface area contributed by atoms with Crippen LogP contribution in [0, 0.1) is 5.82 Å². The number of halogens is 2. The Kier molecular flexibility index (Phi) is 4.98. The smallest absolute Gasteiger partial charge is 0.261 e. The van der Waals surface area contributed by atoms with Crippen molar-refractivity contribution in [2.75, 3.05) is 13.1 Å². The van der Waals surface area contributed by atoms with E-state index in [2.05, 4.69) is 4.99 Å². The highest BCUT2D eigenvalue weighted by atomic mass is 35.5. The van der Waals surface area contributed by atoms with E-state index in [4.69, 9.17) is 11.6 Å². The maximum atomic E-state index is 13.7. The van der Waals surface area contributed by atoms with E-state index in [9.17, 15) is 9.18 Å². The molecule has 0 aromatic heterocycles. The predicted octanol–water partition coefficient (Wildman–Crippen LogP) is 4.22. The van der Waals surface area contributed by atoms with Crippen LogP contribution < -0.4 is 0 Å². The van der Waals surface area contributed by atoms with Crippen LogP contribution in [0.15, 0.2) is 53.5 Å². The lowest BCUT2D eigenvalue weighted by atomic mass is 10.2. The highest BCUT2D eigenvalue weighted by Crippen LogP contribution is 2.24. The highest BCUT2D eigenvalue weighted by molar-refractivity contribution is 8.13. The SMILES string of the molecule is O=C(c1ccccc1Cl)N1CCN=C1SCc1ccccc1F. The molecule has 0 saturated heterocycles. The number of rotatable bonds is 3. The van der Waals surface area contributed by atoms with E-state index in [-0.39, 0.29) is 11.7 Å². The minimum absolute atomic E-state index is 0.173. The Bertz CT molecular complexity index is 766. The molecule has 0 saturated carbocycles. The van der Waals surface area contributed by atoms with Crippen molar-refractivity contribution >= 4 is 34.4 Å². The fraction of sp³-hybridized carbons (Fsp3) is 0.176. The van der Waals surface area contributed by atoms with Gasteiger partial charge < -0.3 is 0 Å². The van der Waals surface area contributed by atoms with Crippen LogP contribution in [0.5, 0.6) is 0 Å². The van der Waals surface area contributed by atoms with Gasteiger partial charge in [-0.1, -0.05) is 53.7 Å². The van der Waals surface area contributed by atoms with Crippen LogP contribution in [0.25, 0.3) is 0 Å². The zero-order valence-electron chi connectivity index (χ0n) is 12.2. The molecule has 2 aromatic carbocycles. The molecule has 3 rings (SSSR count). The second-order valence-electron chi connectivity index (χ2n) is 4.98. The first-order valence-corrected chi connectivity index (χ1v) is 8.50. The molecule has 0 spiro atoms. The van der Waals surface area contributed by atoms with Gasteiger partial charge in [0.1, 0.15) is 5.82 Å². The van der Waals surface area contributed by atoms with E-state index < -0.39 is 0 Å². The van der Waals surface area contributed by atoms with E-state index in [0.29, 0.717) is 40.2 Å². The van der Waals surface area contributed by atoms with Crippen molar-refractivity contribution in [3.8, 4) is 0 Å². The molecule has 0 radical (unpaired) electrons. The van der Waals surface area contributed by atoms with Gasteiger partial charge in [-0.2, -0.15) is 0 Å². The van der Waals surface area contributed by atoms with Crippen LogP contribution in [0.4, 0.5) is 4.39 Å². The Balaban J connectivity index is 1.72. The van der Waals surface area contributed by atoms with Gasteiger partial charge in [-0.3, -0.25) is 14.7 Å². The van der Waals surface area contributed by atoms with E-state index in [1.165, 1.54) is 17.8 Å². The summed E-state index contributed by atoms with van der Waals surface area (Å²) in [5.74, 6) is 0.00751. The number of amidine groups is 1. The van der Waals surface area contributed by atoms with Crippen LogP contribution in [-0.2, 0) is 5.75 Å². The number of carbonyl (C=O) groups is 1. The van der Waals surface area contributed by atoms with E-state index >= 15 is 0 Å². The lowest BCUT2D eigenvalue weighted by molar-refractivity contribution is 0.0861. The summed E-state index contributed by atoms with van der Waals surface area (Å²) in [6.07, 6.45) is 0. The summed E-state index contributed by atoms with van der Waals surface area (Å²) in [6, 6.07) is 13.6. The van der Waals surface area contributed by atoms with Crippen molar-refractivity contribution in [3.05, 3.63) is 70.5 Å². The fourth-order valence-electron chi connectivity index (χ4n) is 2.28. The quantitative estimate of drug-likeness (QED) is 0.831. The third kappa shape index (κ3) is 3.57. The van der Waals surface area contributed by atoms with Crippen LogP contribution in [-0.4, -0.2) is 29.1 Å². The van der Waals surface area contributed by atoms with Crippen molar-refractivity contribution < 1.29 is 9.18 Å². The van der Waals surface area contributed by atoms with Crippen molar-refractivity contribution in [2.24, 2.45) is 4.99 Å². The van der Waals surface area contributed by atoms with Gasteiger partial charge in [-0.05, 0) is 23.8 Å². The van der Waals surface area contributed by atoms with Crippen molar-refractivity contribution in [1.29, 1.82) is 0 Å². The Morgan fingerprint density at radius 2 is 1.96 bits per heavy atom. The average molecular weight is 349 g/mol. The summed E-state index contributed by atoms with van der Waals surface area (Å²) in [7, 11) is 0. The number of hydrogen-bond acceptors (Lipinski definition) is 3. The Hall–Kier alpha value is -1.85. The number of hydrogen-bond donors (Lipinski definition) is 0. The molecule has 0 atom stereocenters. The number of benzene rings is 2. The number of aliphatic imine (C=N–C) groups is 1. The van der Waals surface area contributed by atoms with E-state index in [1.54, 1.807) is 47.4 Å². The maximum absolute atomic E-state index is 13.7. The number of nitrogens with zero attached hydrogens (tertiary/aromatic N) is 2. The fourth-order valence-corrected chi connectivity index (χ4v) is 3.52. The van der Waals surface area contributed by atoms with E-state index in [1.807, 2.05) is 0 Å². The van der Waals surface area contributed by atoms with E-state index in [0.717, 1.165) is 0 Å². The Morgan fingerprint density at radius 1 is 1.22 bits per heavy atom. The van der Waals surface area contributed by atoms with Gasteiger partial charge in [0.25, 0.3) is 5.91 Å². The zero-order chi connectivity index (χ0) is 16.2.